The first-order valence-electron chi connectivity index (χ1n) is 9.80. The number of unbranched alkanes of at least 4 members (excludes halogenated alkanes) is 3. The van der Waals surface area contributed by atoms with Crippen LogP contribution in [0.4, 0.5) is 0 Å². The van der Waals surface area contributed by atoms with E-state index >= 15 is 0 Å². The summed E-state index contributed by atoms with van der Waals surface area (Å²) in [6.45, 7) is 8.11. The van der Waals surface area contributed by atoms with Crippen LogP contribution in [0.2, 0.25) is 6.04 Å². The van der Waals surface area contributed by atoms with Crippen molar-refractivity contribution in [2.45, 2.75) is 90.4 Å². The van der Waals surface area contributed by atoms with Crippen LogP contribution >= 0.6 is 0 Å². The number of rotatable bonds is 13. The number of ether oxygens (including phenoxy) is 1. The molecule has 1 heterocycles. The third-order valence-electron chi connectivity index (χ3n) is 5.05. The fourth-order valence-electron chi connectivity index (χ4n) is 3.88. The van der Waals surface area contributed by atoms with E-state index < -0.39 is 8.80 Å². The summed E-state index contributed by atoms with van der Waals surface area (Å²) in [5.41, 5.74) is 0. The Morgan fingerprint density at radius 2 is 1.48 bits per heavy atom. The highest BCUT2D eigenvalue weighted by Crippen LogP contribution is 2.41. The second-order valence-electron chi connectivity index (χ2n) is 6.83. The molecule has 0 aromatic heterocycles. The molecule has 136 valence electrons. The number of epoxide rings is 1. The van der Waals surface area contributed by atoms with Crippen molar-refractivity contribution in [1.82, 2.24) is 0 Å². The highest BCUT2D eigenvalue weighted by Gasteiger charge is 2.43. The molecule has 2 aliphatic rings. The molecule has 3 atom stereocenters. The molecule has 0 aromatic carbocycles. The molecule has 0 radical (unpaired) electrons. The fraction of sp³-hybridized carbons (Fsp3) is 1.00. The maximum Gasteiger partial charge on any atom is 0.500 e. The molecule has 4 nitrogen and oxygen atoms in total. The van der Waals surface area contributed by atoms with Crippen LogP contribution in [-0.2, 0) is 18.0 Å². The van der Waals surface area contributed by atoms with E-state index in [9.17, 15) is 0 Å². The summed E-state index contributed by atoms with van der Waals surface area (Å²) in [5, 5.41) is 0. The molecule has 5 heteroatoms. The van der Waals surface area contributed by atoms with E-state index in [2.05, 4.69) is 0 Å². The monoisotopic (exact) mass is 344 g/mol. The summed E-state index contributed by atoms with van der Waals surface area (Å²) in [4.78, 5) is 0. The minimum absolute atomic E-state index is 0.629. The predicted octanol–water partition coefficient (Wildman–Crippen LogP) is 4.55. The van der Waals surface area contributed by atoms with E-state index in [4.69, 9.17) is 18.0 Å². The zero-order chi connectivity index (χ0) is 16.5. The highest BCUT2D eigenvalue weighted by atomic mass is 28.4. The first-order valence-corrected chi connectivity index (χ1v) is 11.7. The Kier molecular flexibility index (Phi) is 8.54. The van der Waals surface area contributed by atoms with Crippen molar-refractivity contribution in [3.05, 3.63) is 0 Å². The first kappa shape index (κ1) is 19.4. The van der Waals surface area contributed by atoms with Crippen molar-refractivity contribution < 1.29 is 18.0 Å². The Hall–Kier alpha value is 0.0569. The second kappa shape index (κ2) is 10.1. The molecule has 0 spiro atoms. The van der Waals surface area contributed by atoms with Crippen LogP contribution in [0, 0.1) is 5.92 Å². The SMILES string of the molecule is CCO[Si](CCCCCCC1CCC2OC2C1)(OCC)OCC. The third-order valence-corrected chi connectivity index (χ3v) is 8.20. The van der Waals surface area contributed by atoms with Crippen LogP contribution in [0.5, 0.6) is 0 Å². The fourth-order valence-corrected chi connectivity index (χ4v) is 6.56. The Morgan fingerprint density at radius 1 is 0.826 bits per heavy atom. The Bertz CT molecular complexity index is 309. The zero-order valence-corrected chi connectivity index (χ0v) is 16.4. The Balaban J connectivity index is 1.56. The maximum absolute atomic E-state index is 5.91. The van der Waals surface area contributed by atoms with Gasteiger partial charge in [-0.2, -0.15) is 0 Å². The maximum atomic E-state index is 5.91. The summed E-state index contributed by atoms with van der Waals surface area (Å²) in [6, 6.07) is 0.962. The predicted molar refractivity (Wildman–Crippen MR) is 94.5 cm³/mol. The molecule has 1 saturated carbocycles. The third kappa shape index (κ3) is 6.46. The lowest BCUT2D eigenvalue weighted by Gasteiger charge is -2.28. The molecule has 0 aromatic rings. The molecule has 1 saturated heterocycles. The highest BCUT2D eigenvalue weighted by molar-refractivity contribution is 6.60. The van der Waals surface area contributed by atoms with Gasteiger partial charge in [-0.1, -0.05) is 25.7 Å². The molecule has 1 aliphatic heterocycles. The summed E-state index contributed by atoms with van der Waals surface area (Å²) < 4.78 is 23.3. The quantitative estimate of drug-likeness (QED) is 0.279. The normalized spacial score (nSPS) is 27.0. The smallest absolute Gasteiger partial charge is 0.374 e. The molecule has 3 unspecified atom stereocenters. The number of hydrogen-bond donors (Lipinski definition) is 0. The van der Waals surface area contributed by atoms with Crippen LogP contribution in [0.25, 0.3) is 0 Å². The van der Waals surface area contributed by atoms with Gasteiger partial charge in [-0.3, -0.25) is 0 Å². The van der Waals surface area contributed by atoms with Gasteiger partial charge in [-0.15, -0.1) is 0 Å². The first-order chi connectivity index (χ1) is 11.2. The lowest BCUT2D eigenvalue weighted by molar-refractivity contribution is 0.0706. The van der Waals surface area contributed by atoms with Crippen LogP contribution in [0.15, 0.2) is 0 Å². The standard InChI is InChI=1S/C18H36O4Si/c1-4-19-23(20-5-2,21-6-3)14-10-8-7-9-11-16-12-13-17-18(15-16)22-17/h16-18H,4-15H2,1-3H3. The summed E-state index contributed by atoms with van der Waals surface area (Å²) in [5.74, 6) is 0.919. The molecule has 0 amide bonds. The van der Waals surface area contributed by atoms with E-state index in [1.54, 1.807) is 0 Å². The van der Waals surface area contributed by atoms with E-state index in [0.717, 1.165) is 18.4 Å². The molecule has 0 N–H and O–H groups in total. The molecule has 0 bridgehead atoms. The molecule has 2 fully saturated rings. The molecular formula is C18H36O4Si. The van der Waals surface area contributed by atoms with Crippen molar-refractivity contribution in [3.63, 3.8) is 0 Å². The van der Waals surface area contributed by atoms with Crippen LogP contribution in [-0.4, -0.2) is 40.8 Å². The average Bonchev–Trinajstić information content (AvgIpc) is 3.30. The second-order valence-corrected chi connectivity index (χ2v) is 9.56. The zero-order valence-electron chi connectivity index (χ0n) is 15.4. The molecule has 2 rings (SSSR count). The Morgan fingerprint density at radius 3 is 2.09 bits per heavy atom. The summed E-state index contributed by atoms with van der Waals surface area (Å²) in [6.07, 6.45) is 11.8. The van der Waals surface area contributed by atoms with Gasteiger partial charge in [0.1, 0.15) is 0 Å². The van der Waals surface area contributed by atoms with Gasteiger partial charge in [0.25, 0.3) is 0 Å². The van der Waals surface area contributed by atoms with E-state index in [0.29, 0.717) is 32.0 Å². The van der Waals surface area contributed by atoms with Crippen molar-refractivity contribution >= 4 is 8.80 Å². The van der Waals surface area contributed by atoms with Crippen LogP contribution in [0.1, 0.15) is 72.1 Å². The van der Waals surface area contributed by atoms with E-state index in [-0.39, 0.29) is 0 Å². The minimum atomic E-state index is -2.41. The Labute approximate surface area is 143 Å². The van der Waals surface area contributed by atoms with Gasteiger partial charge in [0.05, 0.1) is 12.2 Å². The van der Waals surface area contributed by atoms with Crippen molar-refractivity contribution in [2.24, 2.45) is 5.92 Å². The van der Waals surface area contributed by atoms with Gasteiger partial charge >= 0.3 is 8.80 Å². The lowest BCUT2D eigenvalue weighted by Crippen LogP contribution is -2.45. The minimum Gasteiger partial charge on any atom is -0.374 e. The van der Waals surface area contributed by atoms with Gasteiger partial charge < -0.3 is 18.0 Å². The van der Waals surface area contributed by atoms with Gasteiger partial charge in [-0.05, 0) is 52.4 Å². The van der Waals surface area contributed by atoms with Crippen LogP contribution < -0.4 is 0 Å². The molecule has 1 aliphatic carbocycles. The average molecular weight is 345 g/mol. The summed E-state index contributed by atoms with van der Waals surface area (Å²) >= 11 is 0. The van der Waals surface area contributed by atoms with E-state index in [1.165, 1.54) is 44.9 Å². The molecular weight excluding hydrogens is 308 g/mol. The van der Waals surface area contributed by atoms with Crippen molar-refractivity contribution in [3.8, 4) is 0 Å². The lowest BCUT2D eigenvalue weighted by atomic mass is 9.85. The van der Waals surface area contributed by atoms with Gasteiger partial charge in [-0.25, -0.2) is 0 Å². The largest absolute Gasteiger partial charge is 0.500 e. The number of hydrogen-bond acceptors (Lipinski definition) is 4. The van der Waals surface area contributed by atoms with Gasteiger partial charge in [0.15, 0.2) is 0 Å². The summed E-state index contributed by atoms with van der Waals surface area (Å²) in [7, 11) is -2.41. The topological polar surface area (TPSA) is 40.2 Å². The van der Waals surface area contributed by atoms with Crippen molar-refractivity contribution in [1.29, 1.82) is 0 Å². The van der Waals surface area contributed by atoms with Gasteiger partial charge in [0, 0.05) is 25.9 Å². The van der Waals surface area contributed by atoms with Crippen LogP contribution in [0.3, 0.4) is 0 Å². The van der Waals surface area contributed by atoms with Gasteiger partial charge in [0.2, 0.25) is 0 Å². The molecule has 23 heavy (non-hydrogen) atoms. The number of fused-ring (bicyclic) bond motifs is 1. The van der Waals surface area contributed by atoms with E-state index in [1.807, 2.05) is 20.8 Å². The van der Waals surface area contributed by atoms with Crippen molar-refractivity contribution in [2.75, 3.05) is 19.8 Å².